The van der Waals surface area contributed by atoms with Gasteiger partial charge in [0.2, 0.25) is 5.75 Å². The summed E-state index contributed by atoms with van der Waals surface area (Å²) >= 11 is 0. The SMILES string of the molecule is COc1cc(C(=O)n2cnc3ccccc32)cc(OC)c1OC. The fourth-order valence-corrected chi connectivity index (χ4v) is 2.46. The van der Waals surface area contributed by atoms with Gasteiger partial charge in [0.1, 0.15) is 6.33 Å². The molecule has 0 aliphatic rings. The molecule has 0 aliphatic carbocycles. The lowest BCUT2D eigenvalue weighted by Gasteiger charge is -2.14. The monoisotopic (exact) mass is 312 g/mol. The molecule has 0 aliphatic heterocycles. The Morgan fingerprint density at radius 2 is 1.65 bits per heavy atom. The van der Waals surface area contributed by atoms with Crippen LogP contribution in [0.25, 0.3) is 11.0 Å². The minimum atomic E-state index is -0.224. The Bertz CT molecular complexity index is 845. The molecule has 23 heavy (non-hydrogen) atoms. The molecule has 3 aromatic rings. The highest BCUT2D eigenvalue weighted by atomic mass is 16.5. The molecule has 3 rings (SSSR count). The number of aromatic nitrogens is 2. The van der Waals surface area contributed by atoms with Crippen molar-refractivity contribution < 1.29 is 19.0 Å². The largest absolute Gasteiger partial charge is 0.493 e. The number of ether oxygens (including phenoxy) is 3. The number of benzene rings is 2. The summed E-state index contributed by atoms with van der Waals surface area (Å²) in [5.41, 5.74) is 1.92. The predicted molar refractivity (Wildman–Crippen MR) is 85.6 cm³/mol. The molecular weight excluding hydrogens is 296 g/mol. The van der Waals surface area contributed by atoms with Gasteiger partial charge in [-0.1, -0.05) is 12.1 Å². The quantitative estimate of drug-likeness (QED) is 0.741. The molecule has 0 N–H and O–H groups in total. The van der Waals surface area contributed by atoms with E-state index in [2.05, 4.69) is 4.98 Å². The van der Waals surface area contributed by atoms with Gasteiger partial charge in [-0.25, -0.2) is 4.98 Å². The van der Waals surface area contributed by atoms with Gasteiger partial charge in [0.25, 0.3) is 5.91 Å². The average molecular weight is 312 g/mol. The summed E-state index contributed by atoms with van der Waals surface area (Å²) in [7, 11) is 4.54. The lowest BCUT2D eigenvalue weighted by Crippen LogP contribution is -2.11. The van der Waals surface area contributed by atoms with Gasteiger partial charge < -0.3 is 14.2 Å². The second-order valence-electron chi connectivity index (χ2n) is 4.82. The van der Waals surface area contributed by atoms with Gasteiger partial charge in [-0.2, -0.15) is 0 Å². The fourth-order valence-electron chi connectivity index (χ4n) is 2.46. The number of hydrogen-bond acceptors (Lipinski definition) is 5. The molecule has 0 saturated carbocycles. The van der Waals surface area contributed by atoms with Crippen LogP contribution in [0.4, 0.5) is 0 Å². The molecule has 6 heteroatoms. The summed E-state index contributed by atoms with van der Waals surface area (Å²) in [6, 6.07) is 10.7. The van der Waals surface area contributed by atoms with E-state index in [1.165, 1.54) is 32.2 Å². The van der Waals surface area contributed by atoms with Crippen molar-refractivity contribution >= 4 is 16.9 Å². The first-order valence-electron chi connectivity index (χ1n) is 6.96. The summed E-state index contributed by atoms with van der Waals surface area (Å²) in [6.45, 7) is 0. The highest BCUT2D eigenvalue weighted by Crippen LogP contribution is 2.38. The maximum absolute atomic E-state index is 12.8. The van der Waals surface area contributed by atoms with Gasteiger partial charge in [0.05, 0.1) is 32.4 Å². The minimum absolute atomic E-state index is 0.224. The third-order valence-corrected chi connectivity index (χ3v) is 3.58. The average Bonchev–Trinajstić information content (AvgIpc) is 3.03. The Balaban J connectivity index is 2.12. The number of rotatable bonds is 4. The molecule has 118 valence electrons. The zero-order chi connectivity index (χ0) is 16.4. The molecule has 0 saturated heterocycles. The Hall–Kier alpha value is -3.02. The van der Waals surface area contributed by atoms with Crippen molar-refractivity contribution in [3.63, 3.8) is 0 Å². The van der Waals surface area contributed by atoms with Gasteiger partial charge in [0, 0.05) is 5.56 Å². The first kappa shape index (κ1) is 14.9. The van der Waals surface area contributed by atoms with Crippen LogP contribution in [0.1, 0.15) is 10.4 Å². The zero-order valence-electron chi connectivity index (χ0n) is 13.1. The lowest BCUT2D eigenvalue weighted by molar-refractivity contribution is 0.0963. The highest BCUT2D eigenvalue weighted by Gasteiger charge is 2.19. The number of carbonyl (C=O) groups excluding carboxylic acids is 1. The van der Waals surface area contributed by atoms with E-state index < -0.39 is 0 Å². The van der Waals surface area contributed by atoms with Gasteiger partial charge in [0.15, 0.2) is 11.5 Å². The molecule has 0 spiro atoms. The molecule has 0 atom stereocenters. The summed E-state index contributed by atoms with van der Waals surface area (Å²) in [5, 5.41) is 0. The van der Waals surface area contributed by atoms with Crippen LogP contribution in [0, 0.1) is 0 Å². The summed E-state index contributed by atoms with van der Waals surface area (Å²) < 4.78 is 17.4. The molecule has 6 nitrogen and oxygen atoms in total. The molecule has 1 heterocycles. The van der Waals surface area contributed by atoms with Crippen LogP contribution >= 0.6 is 0 Å². The van der Waals surface area contributed by atoms with Crippen LogP contribution in [-0.2, 0) is 0 Å². The van der Waals surface area contributed by atoms with Crippen LogP contribution in [0.2, 0.25) is 0 Å². The van der Waals surface area contributed by atoms with Crippen molar-refractivity contribution in [3.8, 4) is 17.2 Å². The Kier molecular flexibility index (Phi) is 3.89. The van der Waals surface area contributed by atoms with E-state index in [1.54, 1.807) is 12.1 Å². The van der Waals surface area contributed by atoms with Crippen molar-refractivity contribution in [2.75, 3.05) is 21.3 Å². The summed E-state index contributed by atoms with van der Waals surface area (Å²) in [4.78, 5) is 17.1. The van der Waals surface area contributed by atoms with Crippen LogP contribution in [0.5, 0.6) is 17.2 Å². The van der Waals surface area contributed by atoms with Crippen molar-refractivity contribution in [3.05, 3.63) is 48.3 Å². The maximum Gasteiger partial charge on any atom is 0.263 e. The molecule has 1 aromatic heterocycles. The molecular formula is C17H16N2O4. The minimum Gasteiger partial charge on any atom is -0.493 e. The lowest BCUT2D eigenvalue weighted by atomic mass is 10.1. The first-order valence-corrected chi connectivity index (χ1v) is 6.96. The first-order chi connectivity index (χ1) is 11.2. The van der Waals surface area contributed by atoms with E-state index >= 15 is 0 Å². The topological polar surface area (TPSA) is 62.6 Å². The number of para-hydroxylation sites is 2. The second kappa shape index (κ2) is 6.00. The Morgan fingerprint density at radius 1 is 1.00 bits per heavy atom. The van der Waals surface area contributed by atoms with E-state index in [0.29, 0.717) is 22.8 Å². The van der Waals surface area contributed by atoms with E-state index in [4.69, 9.17) is 14.2 Å². The van der Waals surface area contributed by atoms with E-state index in [9.17, 15) is 4.79 Å². The third kappa shape index (κ3) is 2.48. The maximum atomic E-state index is 12.8. The van der Waals surface area contributed by atoms with Crippen LogP contribution in [0.3, 0.4) is 0 Å². The molecule has 0 radical (unpaired) electrons. The number of fused-ring (bicyclic) bond motifs is 1. The van der Waals surface area contributed by atoms with E-state index in [1.807, 2.05) is 24.3 Å². The normalized spacial score (nSPS) is 10.6. The Morgan fingerprint density at radius 3 is 2.26 bits per heavy atom. The number of imidazole rings is 1. The van der Waals surface area contributed by atoms with Crippen molar-refractivity contribution in [1.29, 1.82) is 0 Å². The summed E-state index contributed by atoms with van der Waals surface area (Å²) in [5.74, 6) is 1.08. The van der Waals surface area contributed by atoms with E-state index in [0.717, 1.165) is 11.0 Å². The smallest absolute Gasteiger partial charge is 0.263 e. The second-order valence-corrected chi connectivity index (χ2v) is 4.82. The highest BCUT2D eigenvalue weighted by molar-refractivity contribution is 6.01. The third-order valence-electron chi connectivity index (χ3n) is 3.58. The molecule has 0 amide bonds. The standard InChI is InChI=1S/C17H16N2O4/c1-21-14-8-11(9-15(22-2)16(14)23-3)17(20)19-10-18-12-6-4-5-7-13(12)19/h4-10H,1-3H3. The number of hydrogen-bond donors (Lipinski definition) is 0. The van der Waals surface area contributed by atoms with E-state index in [-0.39, 0.29) is 5.91 Å². The van der Waals surface area contributed by atoms with Gasteiger partial charge in [-0.3, -0.25) is 9.36 Å². The fraction of sp³-hybridized carbons (Fsp3) is 0.176. The summed E-state index contributed by atoms with van der Waals surface area (Å²) in [6.07, 6.45) is 1.51. The van der Waals surface area contributed by atoms with Crippen LogP contribution < -0.4 is 14.2 Å². The number of carbonyl (C=O) groups is 1. The van der Waals surface area contributed by atoms with Gasteiger partial charge in [-0.15, -0.1) is 0 Å². The van der Waals surface area contributed by atoms with Gasteiger partial charge in [-0.05, 0) is 24.3 Å². The predicted octanol–water partition coefficient (Wildman–Crippen LogP) is 2.75. The molecule has 2 aromatic carbocycles. The molecule has 0 unspecified atom stereocenters. The number of nitrogens with zero attached hydrogens (tertiary/aromatic N) is 2. The van der Waals surface area contributed by atoms with Gasteiger partial charge >= 0.3 is 0 Å². The zero-order valence-corrected chi connectivity index (χ0v) is 13.1. The number of methoxy groups -OCH3 is 3. The van der Waals surface area contributed by atoms with Crippen molar-refractivity contribution in [2.24, 2.45) is 0 Å². The Labute approximate surface area is 133 Å². The van der Waals surface area contributed by atoms with Crippen molar-refractivity contribution in [1.82, 2.24) is 9.55 Å². The van der Waals surface area contributed by atoms with Crippen molar-refractivity contribution in [2.45, 2.75) is 0 Å². The van der Waals surface area contributed by atoms with Crippen LogP contribution in [-0.4, -0.2) is 36.8 Å². The molecule has 0 bridgehead atoms. The molecule has 0 fully saturated rings. The van der Waals surface area contributed by atoms with Crippen LogP contribution in [0.15, 0.2) is 42.7 Å².